The second-order valence-electron chi connectivity index (χ2n) is 9.72. The van der Waals surface area contributed by atoms with Crippen LogP contribution < -0.4 is 9.47 Å². The fourth-order valence-electron chi connectivity index (χ4n) is 3.74. The van der Waals surface area contributed by atoms with E-state index in [9.17, 15) is 0 Å². The maximum absolute atomic E-state index is 6.29. The average Bonchev–Trinajstić information content (AvgIpc) is 2.97. The standard InChI is InChI=1S/C30H28BrNO2.C4H10.C2H6/c1-3-11-26(25-16-10-17-28(31)22(25)2)27-18-19-29(33-20-23-12-6-4-7-13-23)32-30(27)34-21-24-14-8-5-9-15-24;1-4(2)3;1-2/h4-19H,3,20-21H2,1-2H3;4H,1-3H3;1-2H3/b26-11-;;. The number of hydrogen-bond acceptors (Lipinski definition) is 3. The van der Waals surface area contributed by atoms with Crippen LogP contribution in [0, 0.1) is 12.8 Å². The molecule has 0 saturated carbocycles. The summed E-state index contributed by atoms with van der Waals surface area (Å²) in [6, 6.07) is 30.5. The van der Waals surface area contributed by atoms with Crippen LogP contribution in [0.3, 0.4) is 0 Å². The van der Waals surface area contributed by atoms with E-state index in [0.29, 0.717) is 25.0 Å². The van der Waals surface area contributed by atoms with Crippen LogP contribution in [-0.2, 0) is 13.2 Å². The van der Waals surface area contributed by atoms with Crippen molar-refractivity contribution in [3.63, 3.8) is 0 Å². The van der Waals surface area contributed by atoms with Crippen molar-refractivity contribution in [2.75, 3.05) is 0 Å². The van der Waals surface area contributed by atoms with E-state index < -0.39 is 0 Å². The summed E-state index contributed by atoms with van der Waals surface area (Å²) in [5, 5.41) is 0. The zero-order valence-corrected chi connectivity index (χ0v) is 26.7. The fourth-order valence-corrected chi connectivity index (χ4v) is 4.11. The molecule has 0 aliphatic rings. The molecular weight excluding hydrogens is 558 g/mol. The highest BCUT2D eigenvalue weighted by Crippen LogP contribution is 2.36. The van der Waals surface area contributed by atoms with Gasteiger partial charge in [0, 0.05) is 16.1 Å². The normalized spacial score (nSPS) is 10.7. The largest absolute Gasteiger partial charge is 0.473 e. The molecule has 4 aromatic rings. The third kappa shape index (κ3) is 10.7. The summed E-state index contributed by atoms with van der Waals surface area (Å²) in [4.78, 5) is 4.79. The van der Waals surface area contributed by atoms with Crippen LogP contribution in [0.25, 0.3) is 5.57 Å². The molecule has 3 nitrogen and oxygen atoms in total. The van der Waals surface area contributed by atoms with E-state index in [2.05, 4.69) is 93.0 Å². The number of ether oxygens (including phenoxy) is 2. The first-order valence-corrected chi connectivity index (χ1v) is 15.0. The molecule has 0 N–H and O–H groups in total. The van der Waals surface area contributed by atoms with Crippen LogP contribution in [0.2, 0.25) is 0 Å². The minimum absolute atomic E-state index is 0.430. The Bertz CT molecular complexity index is 1300. The minimum atomic E-state index is 0.430. The molecule has 1 aromatic heterocycles. The Kier molecular flexibility index (Phi) is 14.8. The summed E-state index contributed by atoms with van der Waals surface area (Å²) in [6.07, 6.45) is 3.12. The van der Waals surface area contributed by atoms with Crippen molar-refractivity contribution < 1.29 is 9.47 Å². The molecule has 0 amide bonds. The van der Waals surface area contributed by atoms with Crippen LogP contribution in [0.1, 0.15) is 75.8 Å². The Morgan fingerprint density at radius 2 is 1.30 bits per heavy atom. The molecule has 0 radical (unpaired) electrons. The summed E-state index contributed by atoms with van der Waals surface area (Å²) >= 11 is 3.68. The van der Waals surface area contributed by atoms with E-state index in [-0.39, 0.29) is 0 Å². The van der Waals surface area contributed by atoms with Crippen LogP contribution in [0.4, 0.5) is 0 Å². The topological polar surface area (TPSA) is 31.4 Å². The van der Waals surface area contributed by atoms with Gasteiger partial charge in [-0.05, 0) is 59.2 Å². The molecule has 0 spiro atoms. The smallest absolute Gasteiger partial charge is 0.225 e. The van der Waals surface area contributed by atoms with Gasteiger partial charge in [-0.1, -0.05) is 136 Å². The van der Waals surface area contributed by atoms with Gasteiger partial charge in [0.05, 0.1) is 0 Å². The molecule has 0 aliphatic carbocycles. The first-order valence-electron chi connectivity index (χ1n) is 14.2. The van der Waals surface area contributed by atoms with Gasteiger partial charge in [-0.3, -0.25) is 0 Å². The van der Waals surface area contributed by atoms with Crippen LogP contribution >= 0.6 is 15.9 Å². The lowest BCUT2D eigenvalue weighted by molar-refractivity contribution is 0.267. The van der Waals surface area contributed by atoms with Crippen molar-refractivity contribution in [2.45, 2.75) is 68.1 Å². The molecule has 4 heteroatoms. The van der Waals surface area contributed by atoms with Gasteiger partial charge in [0.15, 0.2) is 0 Å². The van der Waals surface area contributed by atoms with Gasteiger partial charge in [0.25, 0.3) is 0 Å². The summed E-state index contributed by atoms with van der Waals surface area (Å²) in [6.45, 7) is 15.6. The van der Waals surface area contributed by atoms with Crippen LogP contribution in [-0.4, -0.2) is 4.98 Å². The van der Waals surface area contributed by atoms with Gasteiger partial charge in [0.2, 0.25) is 11.8 Å². The number of halogens is 1. The Morgan fingerprint density at radius 3 is 1.85 bits per heavy atom. The molecule has 0 aliphatic heterocycles. The first kappa shape index (κ1) is 32.8. The molecular formula is C36H44BrNO2. The predicted octanol–water partition coefficient (Wildman–Crippen LogP) is 10.8. The lowest BCUT2D eigenvalue weighted by atomic mass is 9.94. The highest BCUT2D eigenvalue weighted by molar-refractivity contribution is 9.10. The van der Waals surface area contributed by atoms with E-state index in [0.717, 1.165) is 44.6 Å². The molecule has 0 atom stereocenters. The summed E-state index contributed by atoms with van der Waals surface area (Å²) in [7, 11) is 0. The molecule has 4 rings (SSSR count). The van der Waals surface area contributed by atoms with E-state index in [1.165, 1.54) is 5.56 Å². The van der Waals surface area contributed by atoms with Crippen LogP contribution in [0.5, 0.6) is 11.8 Å². The number of nitrogens with zero attached hydrogens (tertiary/aromatic N) is 1. The van der Waals surface area contributed by atoms with Crippen LogP contribution in [0.15, 0.2) is 102 Å². The lowest BCUT2D eigenvalue weighted by Crippen LogP contribution is -2.04. The van der Waals surface area contributed by atoms with Crippen molar-refractivity contribution in [1.82, 2.24) is 4.98 Å². The zero-order valence-electron chi connectivity index (χ0n) is 25.1. The summed E-state index contributed by atoms with van der Waals surface area (Å²) in [5.41, 5.74) is 6.57. The van der Waals surface area contributed by atoms with Gasteiger partial charge in [-0.2, -0.15) is 4.98 Å². The Labute approximate surface area is 250 Å². The maximum Gasteiger partial charge on any atom is 0.225 e. The van der Waals surface area contributed by atoms with E-state index in [1.54, 1.807) is 0 Å². The molecule has 212 valence electrons. The first-order chi connectivity index (χ1) is 19.4. The van der Waals surface area contributed by atoms with Gasteiger partial charge >= 0.3 is 0 Å². The van der Waals surface area contributed by atoms with Gasteiger partial charge in [-0.25, -0.2) is 0 Å². The average molecular weight is 603 g/mol. The third-order valence-corrected chi connectivity index (χ3v) is 6.40. The quantitative estimate of drug-likeness (QED) is 0.191. The second kappa shape index (κ2) is 18.1. The maximum atomic E-state index is 6.29. The molecule has 0 saturated heterocycles. The lowest BCUT2D eigenvalue weighted by Gasteiger charge is -2.17. The summed E-state index contributed by atoms with van der Waals surface area (Å²) < 4.78 is 13.4. The monoisotopic (exact) mass is 601 g/mol. The number of hydrogen-bond donors (Lipinski definition) is 0. The molecule has 3 aromatic carbocycles. The highest BCUT2D eigenvalue weighted by atomic mass is 79.9. The van der Waals surface area contributed by atoms with Gasteiger partial charge in [0.1, 0.15) is 13.2 Å². The number of benzene rings is 3. The predicted molar refractivity (Wildman–Crippen MR) is 174 cm³/mol. The number of aromatic nitrogens is 1. The Balaban J connectivity index is 0.000000858. The summed E-state index contributed by atoms with van der Waals surface area (Å²) in [5.74, 6) is 1.94. The van der Waals surface area contributed by atoms with Gasteiger partial charge < -0.3 is 9.47 Å². The Morgan fingerprint density at radius 1 is 0.750 bits per heavy atom. The molecule has 0 bridgehead atoms. The fraction of sp³-hybridized carbons (Fsp3) is 0.306. The van der Waals surface area contributed by atoms with Gasteiger partial charge in [-0.15, -0.1) is 0 Å². The number of allylic oxidation sites excluding steroid dienone is 1. The van der Waals surface area contributed by atoms with Crippen molar-refractivity contribution in [2.24, 2.45) is 5.92 Å². The van der Waals surface area contributed by atoms with Crippen molar-refractivity contribution in [1.29, 1.82) is 0 Å². The van der Waals surface area contributed by atoms with Crippen molar-refractivity contribution in [3.05, 3.63) is 129 Å². The number of rotatable bonds is 9. The third-order valence-electron chi connectivity index (χ3n) is 5.54. The van der Waals surface area contributed by atoms with Crippen molar-refractivity contribution in [3.8, 4) is 11.8 Å². The van der Waals surface area contributed by atoms with Crippen molar-refractivity contribution >= 4 is 21.5 Å². The molecule has 1 heterocycles. The highest BCUT2D eigenvalue weighted by Gasteiger charge is 2.17. The van der Waals surface area contributed by atoms with E-state index in [4.69, 9.17) is 14.5 Å². The molecule has 40 heavy (non-hydrogen) atoms. The SMILES string of the molecule is CC.CC(C)C.CC/C=C(\c1ccc(OCc2ccccc2)nc1OCc1ccccc1)c1cccc(Br)c1C. The zero-order chi connectivity index (χ0) is 29.3. The Hall–Kier alpha value is -3.37. The minimum Gasteiger partial charge on any atom is -0.473 e. The second-order valence-corrected chi connectivity index (χ2v) is 10.6. The van der Waals surface area contributed by atoms with E-state index in [1.807, 2.05) is 68.4 Å². The molecule has 0 unspecified atom stereocenters. The van der Waals surface area contributed by atoms with E-state index >= 15 is 0 Å². The molecule has 0 fully saturated rings. The number of pyridine rings is 1.